The Morgan fingerprint density at radius 1 is 0.905 bits per heavy atom. The van der Waals surface area contributed by atoms with Crippen molar-refractivity contribution in [2.24, 2.45) is 0 Å². The minimum atomic E-state index is -4.23. The van der Waals surface area contributed by atoms with Gasteiger partial charge in [-0.3, -0.25) is 13.9 Å². The van der Waals surface area contributed by atoms with E-state index in [-0.39, 0.29) is 29.1 Å². The summed E-state index contributed by atoms with van der Waals surface area (Å²) in [6.07, 6.45) is 0.995. The molecule has 226 valence electrons. The second-order valence-corrected chi connectivity index (χ2v) is 12.8. The van der Waals surface area contributed by atoms with Crippen LogP contribution < -0.4 is 14.4 Å². The van der Waals surface area contributed by atoms with Crippen LogP contribution in [-0.2, 0) is 26.2 Å². The van der Waals surface area contributed by atoms with Gasteiger partial charge < -0.3 is 15.0 Å². The fourth-order valence-corrected chi connectivity index (χ4v) is 6.07. The third kappa shape index (κ3) is 8.31. The van der Waals surface area contributed by atoms with Crippen molar-refractivity contribution in [2.75, 3.05) is 18.0 Å². The lowest BCUT2D eigenvalue weighted by molar-refractivity contribution is -0.140. The van der Waals surface area contributed by atoms with Gasteiger partial charge in [0.15, 0.2) is 0 Å². The van der Waals surface area contributed by atoms with E-state index in [9.17, 15) is 18.0 Å². The normalized spacial score (nSPS) is 12.7. The van der Waals surface area contributed by atoms with Gasteiger partial charge in [-0.25, -0.2) is 8.42 Å². The molecule has 2 atom stereocenters. The molecule has 1 N–H and O–H groups in total. The van der Waals surface area contributed by atoms with Gasteiger partial charge in [0.1, 0.15) is 18.3 Å². The minimum absolute atomic E-state index is 0.000798. The monoisotopic (exact) mass is 653 g/mol. The van der Waals surface area contributed by atoms with Crippen LogP contribution in [0.3, 0.4) is 0 Å². The molecule has 0 aromatic heterocycles. The van der Waals surface area contributed by atoms with Crippen molar-refractivity contribution in [3.8, 4) is 5.75 Å². The van der Waals surface area contributed by atoms with Crippen LogP contribution in [-0.4, -0.2) is 50.9 Å². The molecule has 0 bridgehead atoms. The largest absolute Gasteiger partial charge is 0.497 e. The van der Waals surface area contributed by atoms with E-state index in [2.05, 4.69) is 5.32 Å². The van der Waals surface area contributed by atoms with Crippen LogP contribution in [0.1, 0.15) is 39.2 Å². The zero-order valence-electron chi connectivity index (χ0n) is 23.8. The molecule has 0 aliphatic heterocycles. The van der Waals surface area contributed by atoms with Crippen LogP contribution in [0.15, 0.2) is 71.6 Å². The number of sulfonamides is 1. The maximum Gasteiger partial charge on any atom is 0.264 e. The Morgan fingerprint density at radius 2 is 1.55 bits per heavy atom. The third-order valence-corrected chi connectivity index (χ3v) is 9.54. The lowest BCUT2D eigenvalue weighted by Crippen LogP contribution is -2.53. The number of benzene rings is 3. The van der Waals surface area contributed by atoms with E-state index in [1.165, 1.54) is 48.4 Å². The van der Waals surface area contributed by atoms with E-state index < -0.39 is 28.5 Å². The highest BCUT2D eigenvalue weighted by Gasteiger charge is 2.34. The quantitative estimate of drug-likeness (QED) is 0.225. The van der Waals surface area contributed by atoms with E-state index in [1.807, 2.05) is 13.8 Å². The average molecular weight is 655 g/mol. The number of hydrogen-bond donors (Lipinski definition) is 1. The summed E-state index contributed by atoms with van der Waals surface area (Å²) in [5.74, 6) is -0.440. The topological polar surface area (TPSA) is 96.0 Å². The van der Waals surface area contributed by atoms with Crippen molar-refractivity contribution in [3.05, 3.63) is 87.4 Å². The summed E-state index contributed by atoms with van der Waals surface area (Å²) in [5, 5.41) is 3.99. The Balaban J connectivity index is 2.07. The molecule has 3 aromatic carbocycles. The molecule has 0 radical (unpaired) electrons. The van der Waals surface area contributed by atoms with E-state index in [0.29, 0.717) is 39.2 Å². The van der Waals surface area contributed by atoms with Gasteiger partial charge in [0.2, 0.25) is 11.8 Å². The fraction of sp³-hybridized carbons (Fsp3) is 0.333. The number of hydrogen-bond acceptors (Lipinski definition) is 5. The average Bonchev–Trinajstić information content (AvgIpc) is 2.97. The highest BCUT2D eigenvalue weighted by Crippen LogP contribution is 2.28. The van der Waals surface area contributed by atoms with Crippen molar-refractivity contribution in [3.63, 3.8) is 0 Å². The molecule has 3 aromatic rings. The van der Waals surface area contributed by atoms with Crippen LogP contribution in [0.2, 0.25) is 15.1 Å². The van der Waals surface area contributed by atoms with Crippen LogP contribution in [0.25, 0.3) is 0 Å². The van der Waals surface area contributed by atoms with Crippen molar-refractivity contribution in [1.82, 2.24) is 10.2 Å². The Hall–Kier alpha value is -2.98. The molecule has 0 saturated carbocycles. The number of rotatable bonds is 13. The molecule has 42 heavy (non-hydrogen) atoms. The van der Waals surface area contributed by atoms with Gasteiger partial charge in [0, 0.05) is 17.6 Å². The highest BCUT2D eigenvalue weighted by atomic mass is 35.5. The van der Waals surface area contributed by atoms with E-state index in [1.54, 1.807) is 37.3 Å². The molecule has 0 aliphatic carbocycles. The summed E-state index contributed by atoms with van der Waals surface area (Å²) in [7, 11) is -2.75. The summed E-state index contributed by atoms with van der Waals surface area (Å²) < 4.78 is 34.1. The predicted molar refractivity (Wildman–Crippen MR) is 168 cm³/mol. The smallest absolute Gasteiger partial charge is 0.264 e. The summed E-state index contributed by atoms with van der Waals surface area (Å²) in [4.78, 5) is 28.8. The molecule has 0 spiro atoms. The number of amides is 2. The molecule has 8 nitrogen and oxygen atoms in total. The molecule has 0 saturated heterocycles. The summed E-state index contributed by atoms with van der Waals surface area (Å²) in [6.45, 7) is 5.03. The number of methoxy groups -OCH3 is 1. The second-order valence-electron chi connectivity index (χ2n) is 9.68. The summed E-state index contributed by atoms with van der Waals surface area (Å²) in [5.41, 5.74) is 0.860. The van der Waals surface area contributed by atoms with Gasteiger partial charge in [0.05, 0.1) is 27.7 Å². The standard InChI is InChI=1S/C30H34Cl3N3O5S/c1-5-20(3)34-30(38)28(6-2)35(18-21-7-16-26(32)27(33)17-21)29(37)19-36(23-10-8-22(31)9-11-23)42(39,40)25-14-12-24(41-4)13-15-25/h7-17,20,28H,5-6,18-19H2,1-4H3,(H,34,38)/t20-,28-/m1/s1. The van der Waals surface area contributed by atoms with Gasteiger partial charge in [-0.05, 0) is 86.0 Å². The zero-order valence-corrected chi connectivity index (χ0v) is 26.9. The second kappa shape index (κ2) is 15.0. The Bertz CT molecular complexity index is 1490. The summed E-state index contributed by atoms with van der Waals surface area (Å²) >= 11 is 18.4. The van der Waals surface area contributed by atoms with Crippen LogP contribution in [0.5, 0.6) is 5.75 Å². The number of carbonyl (C=O) groups is 2. The summed E-state index contributed by atoms with van der Waals surface area (Å²) in [6, 6.07) is 15.9. The van der Waals surface area contributed by atoms with Crippen molar-refractivity contribution in [2.45, 2.75) is 57.1 Å². The van der Waals surface area contributed by atoms with E-state index in [4.69, 9.17) is 39.5 Å². The molecule has 0 heterocycles. The number of anilines is 1. The predicted octanol–water partition coefficient (Wildman–Crippen LogP) is 6.57. The highest BCUT2D eigenvalue weighted by molar-refractivity contribution is 7.92. The van der Waals surface area contributed by atoms with Crippen molar-refractivity contribution >= 4 is 62.3 Å². The SMILES string of the molecule is CC[C@@H](C)NC(=O)[C@@H](CC)N(Cc1ccc(Cl)c(Cl)c1)C(=O)CN(c1ccc(Cl)cc1)S(=O)(=O)c1ccc(OC)cc1. The first-order valence-corrected chi connectivity index (χ1v) is 15.9. The molecule has 12 heteroatoms. The molecule has 0 unspecified atom stereocenters. The Morgan fingerprint density at radius 3 is 2.10 bits per heavy atom. The number of carbonyl (C=O) groups excluding carboxylic acids is 2. The van der Waals surface area contributed by atoms with Crippen LogP contribution in [0.4, 0.5) is 5.69 Å². The van der Waals surface area contributed by atoms with E-state index >= 15 is 0 Å². The maximum atomic E-state index is 14.1. The minimum Gasteiger partial charge on any atom is -0.497 e. The molecular formula is C30H34Cl3N3O5S. The van der Waals surface area contributed by atoms with Crippen molar-refractivity contribution in [1.29, 1.82) is 0 Å². The maximum absolute atomic E-state index is 14.1. The van der Waals surface area contributed by atoms with Gasteiger partial charge in [-0.2, -0.15) is 0 Å². The number of nitrogens with one attached hydrogen (secondary N) is 1. The van der Waals surface area contributed by atoms with E-state index in [0.717, 1.165) is 4.31 Å². The number of nitrogens with zero attached hydrogens (tertiary/aromatic N) is 2. The zero-order chi connectivity index (χ0) is 31.0. The number of halogens is 3. The third-order valence-electron chi connectivity index (χ3n) is 6.76. The van der Waals surface area contributed by atoms with Gasteiger partial charge in [-0.1, -0.05) is 54.7 Å². The van der Waals surface area contributed by atoms with Crippen LogP contribution in [0, 0.1) is 0 Å². The first kappa shape index (κ1) is 33.5. The van der Waals surface area contributed by atoms with Crippen LogP contribution >= 0.6 is 34.8 Å². The lowest BCUT2D eigenvalue weighted by Gasteiger charge is -2.33. The van der Waals surface area contributed by atoms with Gasteiger partial charge in [-0.15, -0.1) is 0 Å². The molecule has 3 rings (SSSR count). The fourth-order valence-electron chi connectivity index (χ4n) is 4.21. The van der Waals surface area contributed by atoms with Gasteiger partial charge in [0.25, 0.3) is 10.0 Å². The Labute approximate surface area is 262 Å². The molecule has 2 amide bonds. The molecular weight excluding hydrogens is 621 g/mol. The molecule has 0 aliphatic rings. The lowest BCUT2D eigenvalue weighted by atomic mass is 10.1. The van der Waals surface area contributed by atoms with Crippen molar-refractivity contribution < 1.29 is 22.7 Å². The van der Waals surface area contributed by atoms with Gasteiger partial charge >= 0.3 is 0 Å². The Kier molecular flexibility index (Phi) is 11.9. The first-order chi connectivity index (χ1) is 19.9. The molecule has 0 fully saturated rings. The number of ether oxygens (including phenoxy) is 1. The first-order valence-electron chi connectivity index (χ1n) is 13.4.